The number of para-hydroxylation sites is 1. The molecule has 0 spiro atoms. The Morgan fingerprint density at radius 1 is 1.12 bits per heavy atom. The average molecular weight is 228 g/mol. The fourth-order valence-corrected chi connectivity index (χ4v) is 2.11. The molecule has 0 saturated heterocycles. The maximum absolute atomic E-state index is 4.48. The van der Waals surface area contributed by atoms with Gasteiger partial charge in [0.15, 0.2) is 0 Å². The second kappa shape index (κ2) is 6.36. The van der Waals surface area contributed by atoms with Crippen molar-refractivity contribution in [2.75, 3.05) is 13.1 Å². The lowest BCUT2D eigenvalue weighted by atomic mass is 10.0. The largest absolute Gasteiger partial charge is 0.317 e. The molecular weight excluding hydrogens is 208 g/mol. The Hall–Kier alpha value is -1.41. The number of aryl methyl sites for hydroxylation is 1. The maximum atomic E-state index is 4.48. The molecule has 2 heteroatoms. The van der Waals surface area contributed by atoms with E-state index >= 15 is 0 Å². The Morgan fingerprint density at radius 2 is 2.00 bits per heavy atom. The molecule has 0 unspecified atom stereocenters. The highest BCUT2D eigenvalue weighted by Gasteiger charge is 2.00. The van der Waals surface area contributed by atoms with Crippen molar-refractivity contribution in [3.8, 4) is 0 Å². The first-order valence-corrected chi connectivity index (χ1v) is 6.45. The van der Waals surface area contributed by atoms with Crippen molar-refractivity contribution in [1.29, 1.82) is 0 Å². The Balaban J connectivity index is 1.98. The molecule has 2 aromatic rings. The first-order valence-electron chi connectivity index (χ1n) is 6.45. The summed E-state index contributed by atoms with van der Waals surface area (Å²) < 4.78 is 0. The van der Waals surface area contributed by atoms with Crippen LogP contribution in [0.15, 0.2) is 36.5 Å². The normalized spacial score (nSPS) is 10.9. The zero-order chi connectivity index (χ0) is 11.9. The molecule has 2 nitrogen and oxygen atoms in total. The smallest absolute Gasteiger partial charge is 0.0733 e. The van der Waals surface area contributed by atoms with Crippen molar-refractivity contribution in [1.82, 2.24) is 10.3 Å². The fourth-order valence-electron chi connectivity index (χ4n) is 2.11. The second-order valence-corrected chi connectivity index (χ2v) is 4.30. The van der Waals surface area contributed by atoms with Crippen molar-refractivity contribution in [2.24, 2.45) is 0 Å². The molecule has 0 fully saturated rings. The minimum Gasteiger partial charge on any atom is -0.317 e. The quantitative estimate of drug-likeness (QED) is 0.768. The third-order valence-electron chi connectivity index (χ3n) is 3.02. The monoisotopic (exact) mass is 228 g/mol. The third kappa shape index (κ3) is 3.27. The SMILES string of the molecule is CCNCCCCc1cccc2cccnc12. The topological polar surface area (TPSA) is 24.9 Å². The minimum atomic E-state index is 1.07. The van der Waals surface area contributed by atoms with E-state index in [2.05, 4.69) is 41.5 Å². The highest BCUT2D eigenvalue weighted by atomic mass is 14.8. The van der Waals surface area contributed by atoms with Crippen molar-refractivity contribution in [3.05, 3.63) is 42.1 Å². The fraction of sp³-hybridized carbons (Fsp3) is 0.400. The van der Waals surface area contributed by atoms with Gasteiger partial charge in [-0.15, -0.1) is 0 Å². The summed E-state index contributed by atoms with van der Waals surface area (Å²) in [6.07, 6.45) is 5.46. The van der Waals surface area contributed by atoms with Crippen LogP contribution >= 0.6 is 0 Å². The van der Waals surface area contributed by atoms with Crippen LogP contribution in [0, 0.1) is 0 Å². The van der Waals surface area contributed by atoms with Gasteiger partial charge in [0.2, 0.25) is 0 Å². The molecule has 0 radical (unpaired) electrons. The van der Waals surface area contributed by atoms with Gasteiger partial charge in [-0.3, -0.25) is 4.98 Å². The highest BCUT2D eigenvalue weighted by Crippen LogP contribution is 2.17. The van der Waals surface area contributed by atoms with E-state index in [1.807, 2.05) is 12.3 Å². The standard InChI is InChI=1S/C15H20N2/c1-2-16-11-4-3-7-13-8-5-9-14-10-6-12-17-15(13)14/h5-6,8-10,12,16H,2-4,7,11H2,1H3. The van der Waals surface area contributed by atoms with Crippen LogP contribution in [0.2, 0.25) is 0 Å². The van der Waals surface area contributed by atoms with E-state index in [-0.39, 0.29) is 0 Å². The first kappa shape index (κ1) is 12.1. The number of fused-ring (bicyclic) bond motifs is 1. The molecule has 1 heterocycles. The van der Waals surface area contributed by atoms with Crippen LogP contribution in [-0.2, 0) is 6.42 Å². The van der Waals surface area contributed by atoms with Gasteiger partial charge in [-0.2, -0.15) is 0 Å². The number of pyridine rings is 1. The molecule has 0 bridgehead atoms. The zero-order valence-corrected chi connectivity index (χ0v) is 10.4. The number of rotatable bonds is 6. The van der Waals surface area contributed by atoms with Gasteiger partial charge in [0, 0.05) is 11.6 Å². The molecule has 90 valence electrons. The van der Waals surface area contributed by atoms with Gasteiger partial charge < -0.3 is 5.32 Å². The summed E-state index contributed by atoms with van der Waals surface area (Å²) >= 11 is 0. The van der Waals surface area contributed by atoms with E-state index in [1.165, 1.54) is 29.3 Å². The van der Waals surface area contributed by atoms with Crippen LogP contribution in [0.4, 0.5) is 0 Å². The lowest BCUT2D eigenvalue weighted by Crippen LogP contribution is -2.13. The lowest BCUT2D eigenvalue weighted by Gasteiger charge is -2.05. The zero-order valence-electron chi connectivity index (χ0n) is 10.4. The van der Waals surface area contributed by atoms with Gasteiger partial charge in [-0.05, 0) is 44.0 Å². The Morgan fingerprint density at radius 3 is 2.88 bits per heavy atom. The molecule has 0 atom stereocenters. The molecule has 0 aliphatic heterocycles. The first-order chi connectivity index (χ1) is 8.42. The Labute approximate surface area is 103 Å². The van der Waals surface area contributed by atoms with Crippen LogP contribution in [0.25, 0.3) is 10.9 Å². The van der Waals surface area contributed by atoms with E-state index in [9.17, 15) is 0 Å². The number of nitrogens with one attached hydrogen (secondary N) is 1. The maximum Gasteiger partial charge on any atom is 0.0733 e. The van der Waals surface area contributed by atoms with Crippen LogP contribution in [-0.4, -0.2) is 18.1 Å². The van der Waals surface area contributed by atoms with Crippen molar-refractivity contribution < 1.29 is 0 Å². The summed E-state index contributed by atoms with van der Waals surface area (Å²) in [7, 11) is 0. The van der Waals surface area contributed by atoms with Crippen LogP contribution in [0.1, 0.15) is 25.3 Å². The molecule has 0 aliphatic rings. The van der Waals surface area contributed by atoms with E-state index in [1.54, 1.807) is 0 Å². The third-order valence-corrected chi connectivity index (χ3v) is 3.02. The predicted molar refractivity (Wildman–Crippen MR) is 73.2 cm³/mol. The number of unbranched alkanes of at least 4 members (excludes halogenated alkanes) is 1. The molecule has 17 heavy (non-hydrogen) atoms. The lowest BCUT2D eigenvalue weighted by molar-refractivity contribution is 0.641. The van der Waals surface area contributed by atoms with Gasteiger partial charge in [0.25, 0.3) is 0 Å². The number of nitrogens with zero attached hydrogens (tertiary/aromatic N) is 1. The highest BCUT2D eigenvalue weighted by molar-refractivity contribution is 5.81. The van der Waals surface area contributed by atoms with E-state index in [4.69, 9.17) is 0 Å². The van der Waals surface area contributed by atoms with Crippen LogP contribution in [0.3, 0.4) is 0 Å². The van der Waals surface area contributed by atoms with Crippen LogP contribution < -0.4 is 5.32 Å². The summed E-state index contributed by atoms with van der Waals surface area (Å²) in [6, 6.07) is 10.6. The van der Waals surface area contributed by atoms with E-state index in [0.29, 0.717) is 0 Å². The van der Waals surface area contributed by atoms with Crippen LogP contribution in [0.5, 0.6) is 0 Å². The van der Waals surface area contributed by atoms with Crippen molar-refractivity contribution >= 4 is 10.9 Å². The summed E-state index contributed by atoms with van der Waals surface area (Å²) in [4.78, 5) is 4.48. The summed E-state index contributed by atoms with van der Waals surface area (Å²) in [6.45, 7) is 4.33. The van der Waals surface area contributed by atoms with Gasteiger partial charge in [-0.25, -0.2) is 0 Å². The van der Waals surface area contributed by atoms with Gasteiger partial charge >= 0.3 is 0 Å². The number of hydrogen-bond donors (Lipinski definition) is 1. The second-order valence-electron chi connectivity index (χ2n) is 4.30. The molecule has 0 saturated carbocycles. The number of hydrogen-bond acceptors (Lipinski definition) is 2. The summed E-state index contributed by atoms with van der Waals surface area (Å²) in [5.41, 5.74) is 2.54. The van der Waals surface area contributed by atoms with Crippen molar-refractivity contribution in [3.63, 3.8) is 0 Å². The molecule has 0 aliphatic carbocycles. The molecule has 1 aromatic heterocycles. The summed E-state index contributed by atoms with van der Waals surface area (Å²) in [5.74, 6) is 0. The van der Waals surface area contributed by atoms with E-state index < -0.39 is 0 Å². The predicted octanol–water partition coefficient (Wildman–Crippen LogP) is 3.17. The molecule has 1 aromatic carbocycles. The molecular formula is C15H20N2. The minimum absolute atomic E-state index is 1.07. The molecule has 1 N–H and O–H groups in total. The Kier molecular flexibility index (Phi) is 4.51. The van der Waals surface area contributed by atoms with Crippen molar-refractivity contribution in [2.45, 2.75) is 26.2 Å². The van der Waals surface area contributed by atoms with Gasteiger partial charge in [0.05, 0.1) is 5.52 Å². The summed E-state index contributed by atoms with van der Waals surface area (Å²) in [5, 5.41) is 4.60. The average Bonchev–Trinajstić information content (AvgIpc) is 2.39. The van der Waals surface area contributed by atoms with Gasteiger partial charge in [-0.1, -0.05) is 31.2 Å². The number of aromatic nitrogens is 1. The van der Waals surface area contributed by atoms with Gasteiger partial charge in [0.1, 0.15) is 0 Å². The molecule has 2 rings (SSSR count). The Bertz CT molecular complexity index is 460. The number of benzene rings is 1. The molecule has 0 amide bonds. The van der Waals surface area contributed by atoms with E-state index in [0.717, 1.165) is 19.5 Å².